The first-order valence-electron chi connectivity index (χ1n) is 7.17. The highest BCUT2D eigenvalue weighted by Gasteiger charge is 2.07. The smallest absolute Gasteiger partial charge is 0.225 e. The van der Waals surface area contributed by atoms with Crippen LogP contribution in [0, 0.1) is 0 Å². The van der Waals surface area contributed by atoms with E-state index in [9.17, 15) is 5.11 Å². The van der Waals surface area contributed by atoms with E-state index in [2.05, 4.69) is 20.6 Å². The largest absolute Gasteiger partial charge is 0.393 e. The van der Waals surface area contributed by atoms with Gasteiger partial charge >= 0.3 is 0 Å². The van der Waals surface area contributed by atoms with Crippen LogP contribution in [0.4, 0.5) is 11.8 Å². The van der Waals surface area contributed by atoms with E-state index in [-0.39, 0.29) is 6.10 Å². The predicted molar refractivity (Wildman–Crippen MR) is 83.1 cm³/mol. The van der Waals surface area contributed by atoms with Crippen molar-refractivity contribution in [3.63, 3.8) is 0 Å². The highest BCUT2D eigenvalue weighted by Crippen LogP contribution is 2.21. The Morgan fingerprint density at radius 1 is 1.15 bits per heavy atom. The van der Waals surface area contributed by atoms with Gasteiger partial charge in [-0.1, -0.05) is 19.1 Å². The van der Waals surface area contributed by atoms with Gasteiger partial charge in [-0.05, 0) is 31.9 Å². The van der Waals surface area contributed by atoms with Gasteiger partial charge < -0.3 is 15.7 Å². The van der Waals surface area contributed by atoms with E-state index >= 15 is 0 Å². The van der Waals surface area contributed by atoms with Gasteiger partial charge in [0, 0.05) is 18.5 Å². The van der Waals surface area contributed by atoms with Gasteiger partial charge in [0.25, 0.3) is 0 Å². The Bertz CT molecular complexity index is 559. The second-order valence-electron chi connectivity index (χ2n) is 4.72. The summed E-state index contributed by atoms with van der Waals surface area (Å²) < 4.78 is 0. The Morgan fingerprint density at radius 2 is 1.95 bits per heavy atom. The molecule has 20 heavy (non-hydrogen) atoms. The molecule has 1 atom stereocenters. The molecular formula is C15H22N4O. The molecule has 0 fully saturated rings. The standard InChI is InChI=1S/C15H22N4O/c1-3-11(20)9-10-17-14-12-7-5-6-8-13(12)18-15(19-14)16-4-2/h5-8,11,20H,3-4,9-10H2,1-2H3,(H2,16,17,18,19). The van der Waals surface area contributed by atoms with E-state index in [0.29, 0.717) is 18.9 Å². The van der Waals surface area contributed by atoms with Crippen LogP contribution in [0.25, 0.3) is 10.9 Å². The maximum atomic E-state index is 9.60. The molecule has 5 nitrogen and oxygen atoms in total. The molecule has 0 radical (unpaired) electrons. The minimum absolute atomic E-state index is 0.260. The molecule has 0 spiro atoms. The van der Waals surface area contributed by atoms with Gasteiger partial charge in [0.1, 0.15) is 5.82 Å². The molecule has 5 heteroatoms. The van der Waals surface area contributed by atoms with E-state index in [4.69, 9.17) is 0 Å². The summed E-state index contributed by atoms with van der Waals surface area (Å²) in [6.45, 7) is 5.48. The van der Waals surface area contributed by atoms with Crippen LogP contribution in [0.3, 0.4) is 0 Å². The zero-order valence-electron chi connectivity index (χ0n) is 12.1. The third-order valence-electron chi connectivity index (χ3n) is 3.18. The van der Waals surface area contributed by atoms with Crippen molar-refractivity contribution in [2.75, 3.05) is 23.7 Å². The molecule has 108 valence electrons. The second-order valence-corrected chi connectivity index (χ2v) is 4.72. The van der Waals surface area contributed by atoms with Crippen molar-refractivity contribution in [2.24, 2.45) is 0 Å². The van der Waals surface area contributed by atoms with Crippen LogP contribution in [0.2, 0.25) is 0 Å². The summed E-state index contributed by atoms with van der Waals surface area (Å²) in [5.74, 6) is 1.44. The number of aliphatic hydroxyl groups excluding tert-OH is 1. The summed E-state index contributed by atoms with van der Waals surface area (Å²) in [4.78, 5) is 8.97. The van der Waals surface area contributed by atoms with Crippen molar-refractivity contribution >= 4 is 22.7 Å². The molecule has 0 saturated heterocycles. The molecule has 0 aliphatic carbocycles. The second kappa shape index (κ2) is 7.05. The monoisotopic (exact) mass is 274 g/mol. The Labute approximate surface area is 119 Å². The first-order chi connectivity index (χ1) is 9.74. The van der Waals surface area contributed by atoms with Crippen LogP contribution in [0.5, 0.6) is 0 Å². The predicted octanol–water partition coefficient (Wildman–Crippen LogP) is 2.63. The lowest BCUT2D eigenvalue weighted by atomic mass is 10.2. The van der Waals surface area contributed by atoms with Gasteiger partial charge in [0.15, 0.2) is 0 Å². The normalized spacial score (nSPS) is 12.3. The van der Waals surface area contributed by atoms with E-state index in [0.717, 1.165) is 29.7 Å². The van der Waals surface area contributed by atoms with Crippen LogP contribution in [-0.4, -0.2) is 34.3 Å². The third-order valence-corrected chi connectivity index (χ3v) is 3.18. The van der Waals surface area contributed by atoms with Gasteiger partial charge in [-0.3, -0.25) is 0 Å². The van der Waals surface area contributed by atoms with Gasteiger partial charge in [-0.25, -0.2) is 4.98 Å². The van der Waals surface area contributed by atoms with Crippen LogP contribution in [-0.2, 0) is 0 Å². The van der Waals surface area contributed by atoms with Gasteiger partial charge in [-0.2, -0.15) is 4.98 Å². The zero-order chi connectivity index (χ0) is 14.4. The number of rotatable bonds is 7. The molecule has 1 heterocycles. The van der Waals surface area contributed by atoms with Crippen molar-refractivity contribution < 1.29 is 5.11 Å². The first kappa shape index (κ1) is 14.5. The quantitative estimate of drug-likeness (QED) is 0.724. The number of nitrogens with one attached hydrogen (secondary N) is 2. The van der Waals surface area contributed by atoms with Crippen LogP contribution in [0.1, 0.15) is 26.7 Å². The minimum Gasteiger partial charge on any atom is -0.393 e. The lowest BCUT2D eigenvalue weighted by Gasteiger charge is -2.12. The minimum atomic E-state index is -0.260. The fraction of sp³-hybridized carbons (Fsp3) is 0.467. The molecule has 0 aliphatic heterocycles. The summed E-state index contributed by atoms with van der Waals surface area (Å²) in [6.07, 6.45) is 1.23. The lowest BCUT2D eigenvalue weighted by molar-refractivity contribution is 0.164. The average molecular weight is 274 g/mol. The number of para-hydroxylation sites is 1. The number of fused-ring (bicyclic) bond motifs is 1. The molecule has 0 amide bonds. The molecule has 0 aliphatic rings. The highest BCUT2D eigenvalue weighted by molar-refractivity contribution is 5.89. The fourth-order valence-electron chi connectivity index (χ4n) is 2.01. The van der Waals surface area contributed by atoms with E-state index in [1.54, 1.807) is 0 Å². The maximum Gasteiger partial charge on any atom is 0.225 e. The van der Waals surface area contributed by atoms with Gasteiger partial charge in [-0.15, -0.1) is 0 Å². The van der Waals surface area contributed by atoms with Crippen molar-refractivity contribution in [3.8, 4) is 0 Å². The Morgan fingerprint density at radius 3 is 2.70 bits per heavy atom. The molecule has 2 aromatic rings. The summed E-state index contributed by atoms with van der Waals surface area (Å²) in [7, 11) is 0. The van der Waals surface area contributed by atoms with Crippen molar-refractivity contribution in [3.05, 3.63) is 24.3 Å². The molecule has 1 aromatic carbocycles. The molecule has 2 rings (SSSR count). The first-order valence-corrected chi connectivity index (χ1v) is 7.17. The number of nitrogens with zero attached hydrogens (tertiary/aromatic N) is 2. The molecule has 0 saturated carbocycles. The van der Waals surface area contributed by atoms with E-state index in [1.165, 1.54) is 0 Å². The summed E-state index contributed by atoms with van der Waals surface area (Å²) in [5.41, 5.74) is 0.914. The van der Waals surface area contributed by atoms with Crippen molar-refractivity contribution in [1.29, 1.82) is 0 Å². The average Bonchev–Trinajstić information content (AvgIpc) is 2.47. The number of benzene rings is 1. The van der Waals surface area contributed by atoms with Crippen LogP contribution in [0.15, 0.2) is 24.3 Å². The zero-order valence-corrected chi connectivity index (χ0v) is 12.1. The van der Waals surface area contributed by atoms with Gasteiger partial charge in [0.05, 0.1) is 11.6 Å². The number of aromatic nitrogens is 2. The van der Waals surface area contributed by atoms with E-state index < -0.39 is 0 Å². The third kappa shape index (κ3) is 3.57. The molecular weight excluding hydrogens is 252 g/mol. The Hall–Kier alpha value is -1.88. The molecule has 1 aromatic heterocycles. The summed E-state index contributed by atoms with van der Waals surface area (Å²) >= 11 is 0. The topological polar surface area (TPSA) is 70.1 Å². The summed E-state index contributed by atoms with van der Waals surface area (Å²) in [6, 6.07) is 7.92. The Kier molecular flexibility index (Phi) is 5.12. The molecule has 1 unspecified atom stereocenters. The van der Waals surface area contributed by atoms with Crippen LogP contribution >= 0.6 is 0 Å². The molecule has 3 N–H and O–H groups in total. The summed E-state index contributed by atoms with van der Waals surface area (Å²) in [5, 5.41) is 17.0. The number of anilines is 2. The van der Waals surface area contributed by atoms with Crippen LogP contribution < -0.4 is 10.6 Å². The van der Waals surface area contributed by atoms with Crippen molar-refractivity contribution in [1.82, 2.24) is 9.97 Å². The number of aliphatic hydroxyl groups is 1. The van der Waals surface area contributed by atoms with Crippen molar-refractivity contribution in [2.45, 2.75) is 32.8 Å². The fourth-order valence-corrected chi connectivity index (χ4v) is 2.01. The maximum absolute atomic E-state index is 9.60. The highest BCUT2D eigenvalue weighted by atomic mass is 16.3. The van der Waals surface area contributed by atoms with E-state index in [1.807, 2.05) is 38.1 Å². The Balaban J connectivity index is 2.20. The SMILES string of the molecule is CCNc1nc(NCCC(O)CC)c2ccccc2n1. The number of hydrogen-bond donors (Lipinski definition) is 3. The number of hydrogen-bond acceptors (Lipinski definition) is 5. The lowest BCUT2D eigenvalue weighted by Crippen LogP contribution is -2.14. The molecule has 0 bridgehead atoms. The van der Waals surface area contributed by atoms with Gasteiger partial charge in [0.2, 0.25) is 5.95 Å².